The van der Waals surface area contributed by atoms with Gasteiger partial charge in [0.25, 0.3) is 0 Å². The quantitative estimate of drug-likeness (QED) is 0.698. The van der Waals surface area contributed by atoms with Gasteiger partial charge in [0.05, 0.1) is 19.2 Å². The average Bonchev–Trinajstić information content (AvgIpc) is 3.08. The van der Waals surface area contributed by atoms with Crippen molar-refractivity contribution in [2.24, 2.45) is 7.05 Å². The highest BCUT2D eigenvalue weighted by atomic mass is 16.5. The smallest absolute Gasteiger partial charge is 0.307 e. The van der Waals surface area contributed by atoms with Crippen LogP contribution in [0.5, 0.6) is 0 Å². The maximum atomic E-state index is 11.3. The van der Waals surface area contributed by atoms with Crippen LogP contribution in [0.1, 0.15) is 6.42 Å². The molecular formula is C20H21N3O2. The fourth-order valence-electron chi connectivity index (χ4n) is 2.68. The molecule has 25 heavy (non-hydrogen) atoms. The van der Waals surface area contributed by atoms with E-state index in [1.165, 1.54) is 7.11 Å². The molecule has 1 aromatic heterocycles. The van der Waals surface area contributed by atoms with Crippen molar-refractivity contribution in [2.45, 2.75) is 6.42 Å². The van der Waals surface area contributed by atoms with Crippen LogP contribution in [0.25, 0.3) is 22.4 Å². The van der Waals surface area contributed by atoms with Gasteiger partial charge in [-0.15, -0.1) is 0 Å². The molecule has 0 aliphatic rings. The zero-order chi connectivity index (χ0) is 17.6. The van der Waals surface area contributed by atoms with Crippen LogP contribution >= 0.6 is 0 Å². The third-order valence-corrected chi connectivity index (χ3v) is 3.99. The number of hydrogen-bond acceptors (Lipinski definition) is 4. The first-order chi connectivity index (χ1) is 12.2. The van der Waals surface area contributed by atoms with Gasteiger partial charge >= 0.3 is 5.97 Å². The number of benzene rings is 2. The second-order valence-corrected chi connectivity index (χ2v) is 5.75. The number of methoxy groups -OCH3 is 1. The van der Waals surface area contributed by atoms with Crippen LogP contribution in [0, 0.1) is 0 Å². The molecule has 3 rings (SSSR count). The number of aromatic nitrogens is 2. The summed E-state index contributed by atoms with van der Waals surface area (Å²) in [5.74, 6) is -0.229. The van der Waals surface area contributed by atoms with E-state index in [1.807, 2.05) is 43.6 Å². The lowest BCUT2D eigenvalue weighted by Crippen LogP contribution is -2.10. The van der Waals surface area contributed by atoms with E-state index in [9.17, 15) is 4.79 Å². The molecule has 0 spiro atoms. The summed E-state index contributed by atoms with van der Waals surface area (Å²) in [4.78, 5) is 11.3. The van der Waals surface area contributed by atoms with Gasteiger partial charge in [-0.3, -0.25) is 9.48 Å². The Labute approximate surface area is 147 Å². The molecule has 0 saturated carbocycles. The van der Waals surface area contributed by atoms with Gasteiger partial charge < -0.3 is 10.1 Å². The molecule has 5 heteroatoms. The topological polar surface area (TPSA) is 56.1 Å². The lowest BCUT2D eigenvalue weighted by molar-refractivity contribution is -0.140. The molecule has 0 bridgehead atoms. The average molecular weight is 335 g/mol. The van der Waals surface area contributed by atoms with E-state index in [-0.39, 0.29) is 5.97 Å². The van der Waals surface area contributed by atoms with E-state index < -0.39 is 0 Å². The van der Waals surface area contributed by atoms with E-state index in [0.717, 1.165) is 28.1 Å². The third-order valence-electron chi connectivity index (χ3n) is 3.99. The number of esters is 1. The van der Waals surface area contributed by atoms with Crippen LogP contribution in [-0.2, 0) is 16.6 Å². The first kappa shape index (κ1) is 16.8. The first-order valence-electron chi connectivity index (χ1n) is 8.17. The van der Waals surface area contributed by atoms with Gasteiger partial charge in [-0.25, -0.2) is 0 Å². The van der Waals surface area contributed by atoms with E-state index in [4.69, 9.17) is 0 Å². The van der Waals surface area contributed by atoms with Crippen LogP contribution in [0.4, 0.5) is 5.69 Å². The molecule has 3 aromatic rings. The number of hydrogen-bond donors (Lipinski definition) is 1. The van der Waals surface area contributed by atoms with Gasteiger partial charge in [0.1, 0.15) is 0 Å². The van der Waals surface area contributed by atoms with Crippen LogP contribution in [-0.4, -0.2) is 29.4 Å². The molecule has 0 aliphatic carbocycles. The molecule has 0 radical (unpaired) electrons. The van der Waals surface area contributed by atoms with Gasteiger partial charge in [-0.1, -0.05) is 36.4 Å². The van der Waals surface area contributed by atoms with Gasteiger partial charge in [-0.05, 0) is 29.3 Å². The minimum absolute atomic E-state index is 0.229. The summed E-state index contributed by atoms with van der Waals surface area (Å²) in [6, 6.07) is 18.4. The highest BCUT2D eigenvalue weighted by Gasteiger charge is 2.11. The number of anilines is 1. The van der Waals surface area contributed by atoms with Crippen molar-refractivity contribution in [2.75, 3.05) is 19.0 Å². The zero-order valence-corrected chi connectivity index (χ0v) is 14.4. The SMILES string of the molecule is COC(=O)CCNc1ccc(-c2ccccc2)cc1-c1ccn(C)n1. The van der Waals surface area contributed by atoms with Crippen molar-refractivity contribution in [3.63, 3.8) is 0 Å². The Kier molecular flexibility index (Phi) is 5.14. The third kappa shape index (κ3) is 4.07. The number of nitrogens with zero attached hydrogens (tertiary/aromatic N) is 2. The standard InChI is InChI=1S/C20H21N3O2/c1-23-13-11-19(22-23)17-14-16(15-6-4-3-5-7-15)8-9-18(17)21-12-10-20(24)25-2/h3-9,11,13-14,21H,10,12H2,1-2H3. The minimum Gasteiger partial charge on any atom is -0.469 e. The molecule has 0 amide bonds. The lowest BCUT2D eigenvalue weighted by atomic mass is 10.00. The Bertz CT molecular complexity index is 856. The summed E-state index contributed by atoms with van der Waals surface area (Å²) in [5.41, 5.74) is 5.12. The van der Waals surface area contributed by atoms with Crippen LogP contribution < -0.4 is 5.32 Å². The zero-order valence-electron chi connectivity index (χ0n) is 14.4. The predicted octanol–water partition coefficient (Wildman–Crippen LogP) is 3.73. The number of carbonyl (C=O) groups excluding carboxylic acids is 1. The number of ether oxygens (including phenoxy) is 1. The monoisotopic (exact) mass is 335 g/mol. The minimum atomic E-state index is -0.229. The molecule has 0 aliphatic heterocycles. The van der Waals surface area contributed by atoms with E-state index in [0.29, 0.717) is 13.0 Å². The Morgan fingerprint density at radius 3 is 2.60 bits per heavy atom. The van der Waals surface area contributed by atoms with Crippen LogP contribution in [0.15, 0.2) is 60.8 Å². The Morgan fingerprint density at radius 2 is 1.92 bits per heavy atom. The highest BCUT2D eigenvalue weighted by Crippen LogP contribution is 2.32. The van der Waals surface area contributed by atoms with Crippen molar-refractivity contribution in [1.82, 2.24) is 9.78 Å². The molecule has 2 aromatic carbocycles. The molecule has 1 heterocycles. The summed E-state index contributed by atoms with van der Waals surface area (Å²) in [6.45, 7) is 0.511. The number of aryl methyl sites for hydroxylation is 1. The normalized spacial score (nSPS) is 10.5. The molecule has 0 unspecified atom stereocenters. The van der Waals surface area contributed by atoms with Crippen LogP contribution in [0.2, 0.25) is 0 Å². The summed E-state index contributed by atoms with van der Waals surface area (Å²) < 4.78 is 6.47. The second kappa shape index (κ2) is 7.66. The van der Waals surface area contributed by atoms with Crippen LogP contribution in [0.3, 0.4) is 0 Å². The van der Waals surface area contributed by atoms with Crippen molar-refractivity contribution >= 4 is 11.7 Å². The Morgan fingerprint density at radius 1 is 1.12 bits per heavy atom. The highest BCUT2D eigenvalue weighted by molar-refractivity contribution is 5.81. The maximum Gasteiger partial charge on any atom is 0.307 e. The molecule has 5 nitrogen and oxygen atoms in total. The summed E-state index contributed by atoms with van der Waals surface area (Å²) in [5, 5.41) is 7.84. The first-order valence-corrected chi connectivity index (χ1v) is 8.17. The van der Waals surface area contributed by atoms with E-state index >= 15 is 0 Å². The fraction of sp³-hybridized carbons (Fsp3) is 0.200. The summed E-state index contributed by atoms with van der Waals surface area (Å²) >= 11 is 0. The second-order valence-electron chi connectivity index (χ2n) is 5.75. The predicted molar refractivity (Wildman–Crippen MR) is 99.2 cm³/mol. The summed E-state index contributed by atoms with van der Waals surface area (Å²) in [7, 11) is 3.30. The lowest BCUT2D eigenvalue weighted by Gasteiger charge is -2.13. The fourth-order valence-corrected chi connectivity index (χ4v) is 2.68. The maximum absolute atomic E-state index is 11.3. The molecule has 0 saturated heterocycles. The number of nitrogens with one attached hydrogen (secondary N) is 1. The molecule has 128 valence electrons. The van der Waals surface area contributed by atoms with Gasteiger partial charge in [-0.2, -0.15) is 5.10 Å². The van der Waals surface area contributed by atoms with Crippen molar-refractivity contribution in [1.29, 1.82) is 0 Å². The van der Waals surface area contributed by atoms with E-state index in [2.05, 4.69) is 39.4 Å². The Balaban J connectivity index is 1.92. The van der Waals surface area contributed by atoms with E-state index in [1.54, 1.807) is 4.68 Å². The molecule has 0 fully saturated rings. The number of carbonyl (C=O) groups is 1. The molecule has 1 N–H and O–H groups in total. The van der Waals surface area contributed by atoms with Gasteiger partial charge in [0.15, 0.2) is 0 Å². The van der Waals surface area contributed by atoms with Crippen molar-refractivity contribution in [3.05, 3.63) is 60.8 Å². The Hall–Kier alpha value is -3.08. The van der Waals surface area contributed by atoms with Gasteiger partial charge in [0, 0.05) is 31.0 Å². The number of rotatable bonds is 6. The van der Waals surface area contributed by atoms with Gasteiger partial charge in [0.2, 0.25) is 0 Å². The van der Waals surface area contributed by atoms with Crippen molar-refractivity contribution in [3.8, 4) is 22.4 Å². The summed E-state index contributed by atoms with van der Waals surface area (Å²) in [6.07, 6.45) is 2.24. The van der Waals surface area contributed by atoms with Crippen molar-refractivity contribution < 1.29 is 9.53 Å². The largest absolute Gasteiger partial charge is 0.469 e. The molecular weight excluding hydrogens is 314 g/mol. The molecule has 0 atom stereocenters.